The number of hydrogen-bond acceptors (Lipinski definition) is 3. The van der Waals surface area contributed by atoms with Gasteiger partial charge >= 0.3 is 0 Å². The summed E-state index contributed by atoms with van der Waals surface area (Å²) in [6, 6.07) is 8.06. The fourth-order valence-corrected chi connectivity index (χ4v) is 3.08. The van der Waals surface area contributed by atoms with Crippen LogP contribution in [0.4, 0.5) is 5.69 Å². The van der Waals surface area contributed by atoms with Crippen LogP contribution in [-0.4, -0.2) is 22.3 Å². The van der Waals surface area contributed by atoms with Crippen LogP contribution in [0.2, 0.25) is 0 Å². The molecule has 80 valence electrons. The molecular formula is C10H10Br2N2S. The van der Waals surface area contributed by atoms with E-state index in [-0.39, 0.29) is 0 Å². The van der Waals surface area contributed by atoms with Crippen molar-refractivity contribution in [2.24, 2.45) is 4.99 Å². The molecular weight excluding hydrogens is 340 g/mol. The summed E-state index contributed by atoms with van der Waals surface area (Å²) in [5.74, 6) is 0. The number of thioether (sulfide) groups is 1. The van der Waals surface area contributed by atoms with Crippen LogP contribution >= 0.6 is 43.6 Å². The molecule has 0 saturated heterocycles. The van der Waals surface area contributed by atoms with Gasteiger partial charge in [-0.2, -0.15) is 0 Å². The predicted octanol–water partition coefficient (Wildman–Crippen LogP) is 3.73. The second-order valence-corrected chi connectivity index (χ2v) is 5.94. The Labute approximate surface area is 110 Å². The zero-order valence-corrected chi connectivity index (χ0v) is 11.9. The molecule has 0 aliphatic carbocycles. The maximum Gasteiger partial charge on any atom is 0.161 e. The van der Waals surface area contributed by atoms with E-state index in [1.807, 2.05) is 24.3 Å². The van der Waals surface area contributed by atoms with Crippen LogP contribution < -0.4 is 5.32 Å². The van der Waals surface area contributed by atoms with Gasteiger partial charge in [-0.25, -0.2) is 0 Å². The zero-order valence-electron chi connectivity index (χ0n) is 7.91. The molecule has 5 heteroatoms. The first-order chi connectivity index (χ1) is 7.29. The number of alkyl halides is 1. The summed E-state index contributed by atoms with van der Waals surface area (Å²) >= 11 is 8.76. The maximum absolute atomic E-state index is 4.44. The molecule has 0 aromatic heterocycles. The summed E-state index contributed by atoms with van der Waals surface area (Å²) in [5.41, 5.74) is 1.07. The molecule has 1 heterocycles. The molecule has 1 aliphatic rings. The van der Waals surface area contributed by atoms with E-state index >= 15 is 0 Å². The first-order valence-electron chi connectivity index (χ1n) is 4.58. The Hall–Kier alpha value is -0.000000000000000111. The summed E-state index contributed by atoms with van der Waals surface area (Å²) in [4.78, 5) is 4.44. The Balaban J connectivity index is 2.02. The molecule has 1 N–H and O–H groups in total. The van der Waals surface area contributed by atoms with Gasteiger partial charge in [0.25, 0.3) is 0 Å². The molecule has 0 amide bonds. The van der Waals surface area contributed by atoms with Crippen molar-refractivity contribution in [3.63, 3.8) is 0 Å². The third-order valence-corrected chi connectivity index (χ3v) is 5.01. The van der Waals surface area contributed by atoms with Gasteiger partial charge in [0, 0.05) is 15.1 Å². The quantitative estimate of drug-likeness (QED) is 0.823. The number of nitrogens with one attached hydrogen (secondary N) is 1. The van der Waals surface area contributed by atoms with Crippen LogP contribution in [0, 0.1) is 0 Å². The summed E-state index contributed by atoms with van der Waals surface area (Å²) in [6.07, 6.45) is 0. The molecule has 0 bridgehead atoms. The van der Waals surface area contributed by atoms with E-state index in [0.717, 1.165) is 27.2 Å². The third-order valence-electron chi connectivity index (χ3n) is 2.00. The van der Waals surface area contributed by atoms with Gasteiger partial charge in [0.2, 0.25) is 0 Å². The van der Waals surface area contributed by atoms with Gasteiger partial charge in [-0.05, 0) is 28.1 Å². The Morgan fingerprint density at radius 1 is 1.47 bits per heavy atom. The second-order valence-electron chi connectivity index (χ2n) is 3.14. The van der Waals surface area contributed by atoms with Gasteiger partial charge in [0.05, 0.1) is 12.2 Å². The number of aliphatic imine (C=N–C) groups is 1. The molecule has 1 aromatic rings. The topological polar surface area (TPSA) is 24.4 Å². The first-order valence-corrected chi connectivity index (χ1v) is 7.37. The lowest BCUT2D eigenvalue weighted by Gasteiger charge is -2.08. The zero-order chi connectivity index (χ0) is 10.7. The van der Waals surface area contributed by atoms with Crippen molar-refractivity contribution >= 4 is 54.5 Å². The Bertz CT molecular complexity index is 381. The number of anilines is 1. The monoisotopic (exact) mass is 348 g/mol. The third kappa shape index (κ3) is 2.98. The van der Waals surface area contributed by atoms with Crippen LogP contribution in [0.15, 0.2) is 33.7 Å². The largest absolute Gasteiger partial charge is 0.334 e. The minimum absolute atomic E-state index is 0.565. The Morgan fingerprint density at radius 3 is 2.93 bits per heavy atom. The minimum Gasteiger partial charge on any atom is -0.334 e. The lowest BCUT2D eigenvalue weighted by molar-refractivity contribution is 0.993. The predicted molar refractivity (Wildman–Crippen MR) is 75.2 cm³/mol. The Kier molecular flexibility index (Phi) is 4.11. The number of para-hydroxylation sites is 1. The summed E-state index contributed by atoms with van der Waals surface area (Å²) < 4.78 is 1.07. The molecule has 0 radical (unpaired) electrons. The highest BCUT2D eigenvalue weighted by atomic mass is 79.9. The first kappa shape index (κ1) is 11.5. The molecule has 0 spiro atoms. The van der Waals surface area contributed by atoms with E-state index in [0.29, 0.717) is 5.25 Å². The van der Waals surface area contributed by atoms with E-state index in [4.69, 9.17) is 0 Å². The number of benzene rings is 1. The summed E-state index contributed by atoms with van der Waals surface area (Å²) in [5, 5.41) is 5.88. The van der Waals surface area contributed by atoms with E-state index < -0.39 is 0 Å². The van der Waals surface area contributed by atoms with Crippen molar-refractivity contribution in [3.05, 3.63) is 28.7 Å². The maximum atomic E-state index is 4.44. The number of amidine groups is 1. The molecule has 0 fully saturated rings. The van der Waals surface area contributed by atoms with Crippen LogP contribution in [0.25, 0.3) is 0 Å². The van der Waals surface area contributed by atoms with Crippen LogP contribution in [0.1, 0.15) is 0 Å². The highest BCUT2D eigenvalue weighted by Crippen LogP contribution is 2.27. The van der Waals surface area contributed by atoms with Crippen molar-refractivity contribution in [1.29, 1.82) is 0 Å². The van der Waals surface area contributed by atoms with E-state index in [1.54, 1.807) is 11.8 Å². The van der Waals surface area contributed by atoms with Crippen LogP contribution in [0.5, 0.6) is 0 Å². The van der Waals surface area contributed by atoms with Gasteiger partial charge < -0.3 is 5.32 Å². The van der Waals surface area contributed by atoms with E-state index in [2.05, 4.69) is 42.2 Å². The lowest BCUT2D eigenvalue weighted by atomic mass is 10.3. The van der Waals surface area contributed by atoms with Crippen LogP contribution in [0.3, 0.4) is 0 Å². The van der Waals surface area contributed by atoms with E-state index in [1.165, 1.54) is 0 Å². The summed E-state index contributed by atoms with van der Waals surface area (Å²) in [6.45, 7) is 0.892. The molecule has 0 unspecified atom stereocenters. The molecule has 1 atom stereocenters. The average Bonchev–Trinajstić information content (AvgIpc) is 2.69. The van der Waals surface area contributed by atoms with Crippen molar-refractivity contribution in [2.75, 3.05) is 17.2 Å². The Morgan fingerprint density at radius 2 is 2.27 bits per heavy atom. The van der Waals surface area contributed by atoms with Crippen molar-refractivity contribution < 1.29 is 0 Å². The van der Waals surface area contributed by atoms with Crippen molar-refractivity contribution in [1.82, 2.24) is 0 Å². The van der Waals surface area contributed by atoms with Gasteiger partial charge in [-0.15, -0.1) is 0 Å². The fourth-order valence-electron chi connectivity index (χ4n) is 1.24. The molecule has 2 nitrogen and oxygen atoms in total. The van der Waals surface area contributed by atoms with Gasteiger partial charge in [-0.1, -0.05) is 39.8 Å². The SMILES string of the molecule is BrC[C@H]1CN=C(Nc2ccccc2Br)S1. The standard InChI is InChI=1S/C10H10Br2N2S/c11-5-7-6-13-10(15-7)14-9-4-2-1-3-8(9)12/h1-4,7H,5-6H2,(H,13,14)/t7-/m0/s1. The number of hydrogen-bond donors (Lipinski definition) is 1. The molecule has 1 aliphatic heterocycles. The lowest BCUT2D eigenvalue weighted by Crippen LogP contribution is -2.08. The van der Waals surface area contributed by atoms with Crippen molar-refractivity contribution in [3.8, 4) is 0 Å². The molecule has 15 heavy (non-hydrogen) atoms. The van der Waals surface area contributed by atoms with Gasteiger partial charge in [-0.3, -0.25) is 4.99 Å². The highest BCUT2D eigenvalue weighted by Gasteiger charge is 2.18. The smallest absolute Gasteiger partial charge is 0.161 e. The van der Waals surface area contributed by atoms with Gasteiger partial charge in [0.15, 0.2) is 5.17 Å². The van der Waals surface area contributed by atoms with Crippen LogP contribution in [-0.2, 0) is 0 Å². The van der Waals surface area contributed by atoms with E-state index in [9.17, 15) is 0 Å². The van der Waals surface area contributed by atoms with Gasteiger partial charge in [0.1, 0.15) is 0 Å². The highest BCUT2D eigenvalue weighted by molar-refractivity contribution is 9.10. The molecule has 2 rings (SSSR count). The summed E-state index contributed by atoms with van der Waals surface area (Å²) in [7, 11) is 0. The minimum atomic E-state index is 0.565. The van der Waals surface area contributed by atoms with Crippen molar-refractivity contribution in [2.45, 2.75) is 5.25 Å². The number of rotatable bonds is 2. The second kappa shape index (κ2) is 5.37. The average molecular weight is 350 g/mol. The number of halogens is 2. The molecule has 0 saturated carbocycles. The number of nitrogens with zero attached hydrogens (tertiary/aromatic N) is 1. The normalized spacial score (nSPS) is 20.1. The molecule has 1 aromatic carbocycles. The fraction of sp³-hybridized carbons (Fsp3) is 0.300.